The number of esters is 1. The number of benzene rings is 1. The number of aromatic amines is 1. The van der Waals surface area contributed by atoms with Gasteiger partial charge in [-0.25, -0.2) is 4.79 Å². The molecule has 2 rings (SSSR count). The Hall–Kier alpha value is -1.94. The van der Waals surface area contributed by atoms with Crippen LogP contribution in [0.3, 0.4) is 0 Å². The lowest BCUT2D eigenvalue weighted by atomic mass is 10.1. The van der Waals surface area contributed by atoms with Crippen molar-refractivity contribution in [1.29, 1.82) is 0 Å². The predicted octanol–water partition coefficient (Wildman–Crippen LogP) is 4.08. The maximum absolute atomic E-state index is 11.6. The lowest BCUT2D eigenvalue weighted by Crippen LogP contribution is -2.39. The van der Waals surface area contributed by atoms with Crippen LogP contribution in [0.4, 0.5) is 0 Å². The van der Waals surface area contributed by atoms with Crippen molar-refractivity contribution in [3.63, 3.8) is 0 Å². The molecule has 0 spiro atoms. The van der Waals surface area contributed by atoms with Gasteiger partial charge in [-0.05, 0) is 57.2 Å². The summed E-state index contributed by atoms with van der Waals surface area (Å²) in [6.45, 7) is 5.43. The molecule has 1 aromatic carbocycles. The van der Waals surface area contributed by atoms with Gasteiger partial charge >= 0.3 is 5.97 Å². The summed E-state index contributed by atoms with van der Waals surface area (Å²) in [5, 5.41) is 0.626. The number of ether oxygens (including phenoxy) is 2. The highest BCUT2D eigenvalue weighted by molar-refractivity contribution is 6.30. The number of H-pyrrole nitrogens is 1. The Morgan fingerprint density at radius 2 is 1.76 bits per heavy atom. The second-order valence-electron chi connectivity index (χ2n) is 4.67. The molecule has 0 aliphatic heterocycles. The zero-order valence-electron chi connectivity index (χ0n) is 12.4. The van der Waals surface area contributed by atoms with Gasteiger partial charge in [0.1, 0.15) is 5.75 Å². The molecule has 114 valence electrons. The third kappa shape index (κ3) is 6.36. The van der Waals surface area contributed by atoms with Crippen LogP contribution in [-0.4, -0.2) is 23.2 Å². The topological polar surface area (TPSA) is 51.3 Å². The van der Waals surface area contributed by atoms with Crippen LogP contribution in [0.2, 0.25) is 5.02 Å². The molecule has 21 heavy (non-hydrogen) atoms. The Morgan fingerprint density at radius 3 is 2.19 bits per heavy atom. The molecular weight excluding hydrogens is 290 g/mol. The minimum absolute atomic E-state index is 0.340. The van der Waals surface area contributed by atoms with Gasteiger partial charge in [0.25, 0.3) is 0 Å². The monoisotopic (exact) mass is 309 g/mol. The molecule has 0 atom stereocenters. The Morgan fingerprint density at radius 1 is 1.19 bits per heavy atom. The number of aromatic nitrogens is 1. The van der Waals surface area contributed by atoms with E-state index >= 15 is 0 Å². The lowest BCUT2D eigenvalue weighted by molar-refractivity contribution is -0.158. The number of rotatable bonds is 4. The SMILES string of the molecule is CCOC(=O)C(C)(C)Oc1ccc(Cl)cc1.c1cc[nH]c1. The van der Waals surface area contributed by atoms with Crippen LogP contribution >= 0.6 is 11.6 Å². The first-order valence-electron chi connectivity index (χ1n) is 6.65. The molecule has 0 bridgehead atoms. The summed E-state index contributed by atoms with van der Waals surface area (Å²) in [7, 11) is 0. The standard InChI is InChI=1S/C12H15ClO3.C4H5N/c1-4-15-11(14)12(2,3)16-10-7-5-9(13)6-8-10;1-2-4-5-3-1/h5-8H,4H2,1-3H3;1-5H. The summed E-state index contributed by atoms with van der Waals surface area (Å²) >= 11 is 5.75. The van der Waals surface area contributed by atoms with E-state index in [0.29, 0.717) is 17.4 Å². The quantitative estimate of drug-likeness (QED) is 0.866. The van der Waals surface area contributed by atoms with Gasteiger partial charge in [-0.3, -0.25) is 0 Å². The van der Waals surface area contributed by atoms with Crippen molar-refractivity contribution < 1.29 is 14.3 Å². The summed E-state index contributed by atoms with van der Waals surface area (Å²) in [6, 6.07) is 10.7. The van der Waals surface area contributed by atoms with Crippen molar-refractivity contribution >= 4 is 17.6 Å². The first-order chi connectivity index (χ1) is 9.95. The summed E-state index contributed by atoms with van der Waals surface area (Å²) in [6.07, 6.45) is 3.75. The minimum Gasteiger partial charge on any atom is -0.476 e. The molecule has 2 aromatic rings. The van der Waals surface area contributed by atoms with Crippen LogP contribution in [0, 0.1) is 0 Å². The molecule has 0 aliphatic rings. The van der Waals surface area contributed by atoms with E-state index in [1.165, 1.54) is 0 Å². The van der Waals surface area contributed by atoms with Crippen molar-refractivity contribution in [1.82, 2.24) is 4.98 Å². The van der Waals surface area contributed by atoms with Crippen LogP contribution in [0.25, 0.3) is 0 Å². The van der Waals surface area contributed by atoms with Crippen molar-refractivity contribution in [2.24, 2.45) is 0 Å². The highest BCUT2D eigenvalue weighted by atomic mass is 35.5. The van der Waals surface area contributed by atoms with E-state index in [9.17, 15) is 4.79 Å². The van der Waals surface area contributed by atoms with Gasteiger partial charge in [0.2, 0.25) is 0 Å². The van der Waals surface area contributed by atoms with E-state index in [1.54, 1.807) is 45.0 Å². The second-order valence-corrected chi connectivity index (χ2v) is 5.11. The van der Waals surface area contributed by atoms with Gasteiger partial charge in [0.15, 0.2) is 5.60 Å². The number of carbonyl (C=O) groups excluding carboxylic acids is 1. The number of halogens is 1. The summed E-state index contributed by atoms with van der Waals surface area (Å²) in [4.78, 5) is 14.4. The number of hydrogen-bond acceptors (Lipinski definition) is 3. The molecule has 1 heterocycles. The number of hydrogen-bond donors (Lipinski definition) is 1. The molecule has 1 N–H and O–H groups in total. The van der Waals surface area contributed by atoms with Gasteiger partial charge in [0.05, 0.1) is 6.61 Å². The number of nitrogens with one attached hydrogen (secondary N) is 1. The fraction of sp³-hybridized carbons (Fsp3) is 0.312. The highest BCUT2D eigenvalue weighted by Gasteiger charge is 2.31. The van der Waals surface area contributed by atoms with E-state index in [1.807, 2.05) is 24.5 Å². The molecule has 0 saturated heterocycles. The first kappa shape index (κ1) is 17.1. The van der Waals surface area contributed by atoms with Crippen molar-refractivity contribution in [3.8, 4) is 5.75 Å². The van der Waals surface area contributed by atoms with Crippen LogP contribution in [0.1, 0.15) is 20.8 Å². The Kier molecular flexibility index (Phi) is 6.82. The fourth-order valence-electron chi connectivity index (χ4n) is 1.42. The molecule has 5 heteroatoms. The third-order valence-electron chi connectivity index (χ3n) is 2.45. The molecule has 0 fully saturated rings. The average molecular weight is 310 g/mol. The zero-order valence-corrected chi connectivity index (χ0v) is 13.2. The lowest BCUT2D eigenvalue weighted by Gasteiger charge is -2.23. The molecular formula is C16H20ClNO3. The summed E-state index contributed by atoms with van der Waals surface area (Å²) in [5.41, 5.74) is -0.996. The molecule has 1 aromatic heterocycles. The van der Waals surface area contributed by atoms with Gasteiger partial charge in [-0.1, -0.05) is 11.6 Å². The zero-order chi connectivity index (χ0) is 15.7. The molecule has 0 saturated carbocycles. The largest absolute Gasteiger partial charge is 0.476 e. The van der Waals surface area contributed by atoms with Crippen LogP contribution < -0.4 is 4.74 Å². The summed E-state index contributed by atoms with van der Waals surface area (Å²) in [5.74, 6) is 0.201. The fourth-order valence-corrected chi connectivity index (χ4v) is 1.55. The Balaban J connectivity index is 0.000000369. The van der Waals surface area contributed by atoms with Crippen molar-refractivity contribution in [3.05, 3.63) is 53.8 Å². The number of carbonyl (C=O) groups is 1. The van der Waals surface area contributed by atoms with Gasteiger partial charge in [-0.2, -0.15) is 0 Å². The molecule has 0 radical (unpaired) electrons. The minimum atomic E-state index is -0.996. The third-order valence-corrected chi connectivity index (χ3v) is 2.70. The molecule has 0 amide bonds. The van der Waals surface area contributed by atoms with Crippen LogP contribution in [0.5, 0.6) is 5.75 Å². The van der Waals surface area contributed by atoms with E-state index in [2.05, 4.69) is 4.98 Å². The van der Waals surface area contributed by atoms with Gasteiger partial charge < -0.3 is 14.5 Å². The van der Waals surface area contributed by atoms with E-state index in [0.717, 1.165) is 0 Å². The maximum atomic E-state index is 11.6. The average Bonchev–Trinajstić information content (AvgIpc) is 3.01. The van der Waals surface area contributed by atoms with Crippen LogP contribution in [0.15, 0.2) is 48.8 Å². The van der Waals surface area contributed by atoms with E-state index in [4.69, 9.17) is 21.1 Å². The smallest absolute Gasteiger partial charge is 0.349 e. The molecule has 0 unspecified atom stereocenters. The summed E-state index contributed by atoms with van der Waals surface area (Å²) < 4.78 is 10.5. The normalized spacial score (nSPS) is 10.3. The van der Waals surface area contributed by atoms with E-state index in [-0.39, 0.29) is 5.97 Å². The Bertz CT molecular complexity index is 504. The van der Waals surface area contributed by atoms with Gasteiger partial charge in [0, 0.05) is 17.4 Å². The molecule has 4 nitrogen and oxygen atoms in total. The Labute approximate surface area is 130 Å². The van der Waals surface area contributed by atoms with Crippen molar-refractivity contribution in [2.75, 3.05) is 6.61 Å². The molecule has 0 aliphatic carbocycles. The van der Waals surface area contributed by atoms with Crippen molar-refractivity contribution in [2.45, 2.75) is 26.4 Å². The highest BCUT2D eigenvalue weighted by Crippen LogP contribution is 2.21. The first-order valence-corrected chi connectivity index (χ1v) is 7.03. The predicted molar refractivity (Wildman–Crippen MR) is 83.6 cm³/mol. The van der Waals surface area contributed by atoms with Crippen LogP contribution in [-0.2, 0) is 9.53 Å². The van der Waals surface area contributed by atoms with Gasteiger partial charge in [-0.15, -0.1) is 0 Å². The van der Waals surface area contributed by atoms with E-state index < -0.39 is 5.60 Å². The maximum Gasteiger partial charge on any atom is 0.349 e. The second kappa shape index (κ2) is 8.37.